The molecule has 0 radical (unpaired) electrons. The van der Waals surface area contributed by atoms with Gasteiger partial charge in [0, 0.05) is 0 Å². The predicted octanol–water partition coefficient (Wildman–Crippen LogP) is 6.41. The van der Waals surface area contributed by atoms with Crippen LogP contribution in [0.1, 0.15) is 80.4 Å². The number of hydrogen-bond acceptors (Lipinski definition) is 8. The number of carbonyl (C=O) groups is 1. The van der Waals surface area contributed by atoms with E-state index >= 15 is 4.21 Å². The summed E-state index contributed by atoms with van der Waals surface area (Å²) < 4.78 is 135. The third-order valence-electron chi connectivity index (χ3n) is 9.16. The Kier molecular flexibility index (Phi) is 10.3. The van der Waals surface area contributed by atoms with E-state index < -0.39 is 92.2 Å². The number of nitrogens with zero attached hydrogens (tertiary/aromatic N) is 1. The van der Waals surface area contributed by atoms with Gasteiger partial charge in [0.15, 0.2) is 0 Å². The summed E-state index contributed by atoms with van der Waals surface area (Å²) >= 11 is 0. The Morgan fingerprint density at radius 2 is 1.06 bits per heavy atom. The van der Waals surface area contributed by atoms with Gasteiger partial charge in [-0.25, -0.2) is 8.57 Å². The fraction of sp³-hybridized carbons (Fsp3) is 0.594. The fourth-order valence-corrected chi connectivity index (χ4v) is 6.88. The molecule has 0 atom stereocenters. The number of rotatable bonds is 8. The SMILES string of the molecule is CC(C)COC(=O)CN=S(=O)(c1cc(B2OC(C)(C)C(C)(C)O2)cc(C(F)(F)F)c1)c1cc(B2OC(C)(C)C(C)(C)O2)cc(C(F)(F)F)c1. The maximum absolute atomic E-state index is 15.2. The van der Waals surface area contributed by atoms with Crippen LogP contribution in [0.4, 0.5) is 26.3 Å². The van der Waals surface area contributed by atoms with Crippen molar-refractivity contribution in [2.75, 3.05) is 13.2 Å². The summed E-state index contributed by atoms with van der Waals surface area (Å²) in [6.07, 6.45) is -9.99. The average Bonchev–Trinajstić information content (AvgIpc) is 3.32. The lowest BCUT2D eigenvalue weighted by atomic mass is 9.78. The van der Waals surface area contributed by atoms with Gasteiger partial charge in [0.25, 0.3) is 0 Å². The molecule has 0 saturated carbocycles. The van der Waals surface area contributed by atoms with Crippen LogP contribution in [0.15, 0.2) is 50.6 Å². The highest BCUT2D eigenvalue weighted by Crippen LogP contribution is 2.40. The largest absolute Gasteiger partial charge is 0.494 e. The van der Waals surface area contributed by atoms with E-state index in [1.807, 2.05) is 0 Å². The second-order valence-electron chi connectivity index (χ2n) is 14.6. The van der Waals surface area contributed by atoms with E-state index in [9.17, 15) is 31.1 Å². The van der Waals surface area contributed by atoms with Crippen molar-refractivity contribution in [3.63, 3.8) is 0 Å². The highest BCUT2D eigenvalue weighted by Gasteiger charge is 2.53. The number of ether oxygens (including phenoxy) is 1. The maximum Gasteiger partial charge on any atom is 0.494 e. The molecule has 2 saturated heterocycles. The summed E-state index contributed by atoms with van der Waals surface area (Å²) in [6.45, 7) is 16.0. The second kappa shape index (κ2) is 12.9. The van der Waals surface area contributed by atoms with Crippen molar-refractivity contribution in [1.82, 2.24) is 0 Å². The second-order valence-corrected chi connectivity index (χ2v) is 16.9. The van der Waals surface area contributed by atoms with Crippen LogP contribution in [-0.2, 0) is 50.2 Å². The van der Waals surface area contributed by atoms with E-state index in [0.29, 0.717) is 12.1 Å². The molecule has 8 nitrogen and oxygen atoms in total. The first-order valence-electron chi connectivity index (χ1n) is 15.6. The zero-order valence-electron chi connectivity index (χ0n) is 29.1. The van der Waals surface area contributed by atoms with Crippen LogP contribution in [0.5, 0.6) is 0 Å². The molecule has 0 bridgehead atoms. The third kappa shape index (κ3) is 8.16. The Bertz CT molecular complexity index is 1580. The zero-order valence-corrected chi connectivity index (χ0v) is 29.9. The standard InChI is InChI=1S/C32H41B2F6NO7S/c1-19(2)18-44-26(42)17-41-49(43,24-13-20(31(35,36)37)11-22(15-24)33-45-27(3,4)28(5,6)46-33)25-14-21(32(38,39)40)12-23(16-25)34-47-29(7,8)30(9,10)48-34/h11-16,19H,17-18H2,1-10H3. The summed E-state index contributed by atoms with van der Waals surface area (Å²) in [7, 11) is -7.20. The molecule has 49 heavy (non-hydrogen) atoms. The molecule has 4 rings (SSSR count). The molecule has 0 spiro atoms. The van der Waals surface area contributed by atoms with Gasteiger partial charge in [-0.05, 0) is 96.5 Å². The molecular weight excluding hydrogens is 678 g/mol. The maximum atomic E-state index is 15.2. The van der Waals surface area contributed by atoms with Gasteiger partial charge in [-0.2, -0.15) is 26.3 Å². The summed E-state index contributed by atoms with van der Waals surface area (Å²) in [4.78, 5) is 11.4. The minimum absolute atomic E-state index is 0.0409. The molecule has 270 valence electrons. The van der Waals surface area contributed by atoms with Gasteiger partial charge in [-0.1, -0.05) is 26.0 Å². The Labute approximate surface area is 284 Å². The predicted molar refractivity (Wildman–Crippen MR) is 172 cm³/mol. The first-order chi connectivity index (χ1) is 22.1. The smallest absolute Gasteiger partial charge is 0.464 e. The van der Waals surface area contributed by atoms with Gasteiger partial charge in [-0.3, -0.25) is 4.79 Å². The van der Waals surface area contributed by atoms with Crippen molar-refractivity contribution in [1.29, 1.82) is 0 Å². The van der Waals surface area contributed by atoms with Crippen molar-refractivity contribution in [3.8, 4) is 0 Å². The molecule has 2 aliphatic rings. The number of esters is 1. The number of hydrogen-bond donors (Lipinski definition) is 0. The topological polar surface area (TPSA) is 92.7 Å². The van der Waals surface area contributed by atoms with Gasteiger partial charge in [0.05, 0.1) is 49.9 Å². The average molecular weight is 719 g/mol. The molecular formula is C32H41B2F6NO7S. The molecule has 17 heteroatoms. The van der Waals surface area contributed by atoms with Crippen molar-refractivity contribution in [2.45, 2.75) is 114 Å². The highest BCUT2D eigenvalue weighted by molar-refractivity contribution is 7.93. The number of benzene rings is 2. The van der Waals surface area contributed by atoms with Crippen LogP contribution in [0.2, 0.25) is 0 Å². The van der Waals surface area contributed by atoms with E-state index in [4.69, 9.17) is 23.4 Å². The van der Waals surface area contributed by atoms with Gasteiger partial charge >= 0.3 is 32.6 Å². The molecule has 0 amide bonds. The Hall–Kier alpha value is -2.59. The van der Waals surface area contributed by atoms with E-state index in [1.54, 1.807) is 69.2 Å². The Morgan fingerprint density at radius 3 is 1.37 bits per heavy atom. The molecule has 2 aromatic carbocycles. The van der Waals surface area contributed by atoms with Gasteiger partial charge in [0.1, 0.15) is 16.3 Å². The number of carbonyl (C=O) groups excluding carboxylic acids is 1. The molecule has 2 aliphatic heterocycles. The molecule has 0 aromatic heterocycles. The van der Waals surface area contributed by atoms with Gasteiger partial charge in [-0.15, -0.1) is 0 Å². The lowest BCUT2D eigenvalue weighted by Gasteiger charge is -2.32. The lowest BCUT2D eigenvalue weighted by molar-refractivity contribution is -0.143. The van der Waals surface area contributed by atoms with E-state index in [0.717, 1.165) is 24.3 Å². The van der Waals surface area contributed by atoms with Crippen LogP contribution < -0.4 is 10.9 Å². The number of halogens is 6. The normalized spacial score (nSPS) is 20.2. The van der Waals surface area contributed by atoms with Crippen LogP contribution >= 0.6 is 0 Å². The van der Waals surface area contributed by atoms with E-state index in [-0.39, 0.29) is 23.5 Å². The molecule has 0 unspecified atom stereocenters. The van der Waals surface area contributed by atoms with E-state index in [1.165, 1.54) is 0 Å². The fourth-order valence-electron chi connectivity index (χ4n) is 4.86. The van der Waals surface area contributed by atoms with Crippen LogP contribution in [-0.4, -0.2) is 60.0 Å². The van der Waals surface area contributed by atoms with Crippen LogP contribution in [0.3, 0.4) is 0 Å². The summed E-state index contributed by atoms with van der Waals surface area (Å²) in [6, 6.07) is 4.74. The minimum Gasteiger partial charge on any atom is -0.464 e. The Balaban J connectivity index is 2.01. The van der Waals surface area contributed by atoms with Gasteiger partial charge in [0.2, 0.25) is 0 Å². The summed E-state index contributed by atoms with van der Waals surface area (Å²) in [5.74, 6) is -1.07. The molecule has 2 fully saturated rings. The summed E-state index contributed by atoms with van der Waals surface area (Å²) in [5.41, 5.74) is -6.86. The molecule has 0 N–H and O–H groups in total. The number of alkyl halides is 6. The van der Waals surface area contributed by atoms with Crippen LogP contribution in [0, 0.1) is 5.92 Å². The molecule has 0 aliphatic carbocycles. The van der Waals surface area contributed by atoms with Crippen molar-refractivity contribution >= 4 is 40.9 Å². The molecule has 2 heterocycles. The quantitative estimate of drug-likeness (QED) is 0.177. The van der Waals surface area contributed by atoms with E-state index in [2.05, 4.69) is 4.36 Å². The van der Waals surface area contributed by atoms with Crippen molar-refractivity contribution in [3.05, 3.63) is 47.5 Å². The third-order valence-corrected chi connectivity index (χ3v) is 11.4. The van der Waals surface area contributed by atoms with Crippen LogP contribution in [0.25, 0.3) is 0 Å². The van der Waals surface area contributed by atoms with Crippen molar-refractivity contribution in [2.24, 2.45) is 10.3 Å². The Morgan fingerprint density at radius 1 is 0.714 bits per heavy atom. The first-order valence-corrected chi connectivity index (χ1v) is 17.1. The molecule has 2 aromatic rings. The minimum atomic E-state index is -4.99. The highest BCUT2D eigenvalue weighted by atomic mass is 32.2. The first kappa shape index (κ1) is 39.2. The summed E-state index contributed by atoms with van der Waals surface area (Å²) in [5, 5.41) is 0. The zero-order chi connectivity index (χ0) is 37.2. The monoisotopic (exact) mass is 719 g/mol. The van der Waals surface area contributed by atoms with Gasteiger partial charge < -0.3 is 23.4 Å². The van der Waals surface area contributed by atoms with Crippen molar-refractivity contribution < 1.29 is 58.7 Å². The lowest BCUT2D eigenvalue weighted by Crippen LogP contribution is -2.41.